The van der Waals surface area contributed by atoms with Gasteiger partial charge in [-0.15, -0.1) is 0 Å². The number of amides is 1. The van der Waals surface area contributed by atoms with Gasteiger partial charge in [-0.1, -0.05) is 6.07 Å². The molecule has 0 saturated carbocycles. The van der Waals surface area contributed by atoms with Gasteiger partial charge in [-0.3, -0.25) is 4.79 Å². The van der Waals surface area contributed by atoms with E-state index in [0.717, 1.165) is 5.69 Å². The highest BCUT2D eigenvalue weighted by molar-refractivity contribution is 5.95. The Morgan fingerprint density at radius 2 is 1.78 bits per heavy atom. The van der Waals surface area contributed by atoms with Crippen molar-refractivity contribution in [2.75, 3.05) is 31.4 Å². The molecule has 0 saturated heterocycles. The van der Waals surface area contributed by atoms with E-state index in [0.29, 0.717) is 17.2 Å². The average Bonchev–Trinajstić information content (AvgIpc) is 2.55. The molecule has 122 valence electrons. The van der Waals surface area contributed by atoms with Crippen molar-refractivity contribution in [1.82, 2.24) is 0 Å². The lowest BCUT2D eigenvalue weighted by Gasteiger charge is -2.13. The minimum atomic E-state index is -0.158. The zero-order chi connectivity index (χ0) is 16.8. The number of carbonyl (C=O) groups excluding carboxylic acids is 1. The van der Waals surface area contributed by atoms with Crippen molar-refractivity contribution in [3.05, 3.63) is 47.5 Å². The Balaban J connectivity index is 2.00. The molecule has 5 nitrogen and oxygen atoms in total. The van der Waals surface area contributed by atoms with Gasteiger partial charge >= 0.3 is 0 Å². The first-order valence-electron chi connectivity index (χ1n) is 7.36. The number of hydrogen-bond donors (Lipinski definition) is 2. The summed E-state index contributed by atoms with van der Waals surface area (Å²) in [4.78, 5) is 12.1. The van der Waals surface area contributed by atoms with E-state index in [9.17, 15) is 4.79 Å². The molecule has 2 rings (SSSR count). The summed E-state index contributed by atoms with van der Waals surface area (Å²) >= 11 is 0. The maximum Gasteiger partial charge on any atom is 0.243 e. The molecule has 0 aliphatic carbocycles. The molecule has 0 radical (unpaired) electrons. The number of methoxy groups -OCH3 is 2. The Morgan fingerprint density at radius 1 is 1.00 bits per heavy atom. The first-order valence-corrected chi connectivity index (χ1v) is 7.36. The minimum Gasteiger partial charge on any atom is -0.497 e. The predicted octanol–water partition coefficient (Wildman–Crippen LogP) is 3.37. The van der Waals surface area contributed by atoms with Gasteiger partial charge in [0.25, 0.3) is 0 Å². The van der Waals surface area contributed by atoms with Crippen LogP contribution in [0.1, 0.15) is 11.1 Å². The molecule has 5 heteroatoms. The minimum absolute atomic E-state index is 0.158. The van der Waals surface area contributed by atoms with Crippen LogP contribution in [-0.2, 0) is 4.79 Å². The average molecular weight is 314 g/mol. The van der Waals surface area contributed by atoms with Crippen LogP contribution in [0.2, 0.25) is 0 Å². The standard InChI is InChI=1S/C18H22N2O3/c1-12-5-6-14(9-13(12)2)19-11-18(21)20-16-10-15(22-3)7-8-17(16)23-4/h5-10,19H,11H2,1-4H3,(H,20,21). The van der Waals surface area contributed by atoms with Crippen molar-refractivity contribution in [3.8, 4) is 11.5 Å². The Kier molecular flexibility index (Phi) is 5.46. The summed E-state index contributed by atoms with van der Waals surface area (Å²) in [6, 6.07) is 11.3. The predicted molar refractivity (Wildman–Crippen MR) is 92.6 cm³/mol. The summed E-state index contributed by atoms with van der Waals surface area (Å²) in [5.41, 5.74) is 3.91. The van der Waals surface area contributed by atoms with Crippen molar-refractivity contribution in [1.29, 1.82) is 0 Å². The first-order chi connectivity index (χ1) is 11.0. The molecule has 2 aromatic rings. The van der Waals surface area contributed by atoms with E-state index in [1.165, 1.54) is 11.1 Å². The molecular formula is C18H22N2O3. The van der Waals surface area contributed by atoms with Crippen LogP contribution in [0.4, 0.5) is 11.4 Å². The molecule has 0 aromatic heterocycles. The zero-order valence-electron chi connectivity index (χ0n) is 13.9. The third-order valence-corrected chi connectivity index (χ3v) is 3.64. The highest BCUT2D eigenvalue weighted by Gasteiger charge is 2.09. The quantitative estimate of drug-likeness (QED) is 0.858. The molecule has 23 heavy (non-hydrogen) atoms. The highest BCUT2D eigenvalue weighted by Crippen LogP contribution is 2.28. The van der Waals surface area contributed by atoms with E-state index in [2.05, 4.69) is 17.6 Å². The molecule has 2 N–H and O–H groups in total. The van der Waals surface area contributed by atoms with Crippen LogP contribution in [0.5, 0.6) is 11.5 Å². The Bertz CT molecular complexity index is 699. The number of nitrogens with one attached hydrogen (secondary N) is 2. The molecule has 0 fully saturated rings. The van der Waals surface area contributed by atoms with Gasteiger partial charge in [-0.2, -0.15) is 0 Å². The number of anilines is 2. The van der Waals surface area contributed by atoms with Crippen molar-refractivity contribution in [3.63, 3.8) is 0 Å². The fourth-order valence-electron chi connectivity index (χ4n) is 2.14. The van der Waals surface area contributed by atoms with E-state index in [4.69, 9.17) is 9.47 Å². The monoisotopic (exact) mass is 314 g/mol. The second-order valence-electron chi connectivity index (χ2n) is 5.27. The van der Waals surface area contributed by atoms with Crippen LogP contribution < -0.4 is 20.1 Å². The van der Waals surface area contributed by atoms with Gasteiger partial charge in [-0.05, 0) is 49.2 Å². The Labute approximate surface area is 136 Å². The molecule has 2 aromatic carbocycles. The smallest absolute Gasteiger partial charge is 0.243 e. The second-order valence-corrected chi connectivity index (χ2v) is 5.27. The van der Waals surface area contributed by atoms with E-state index in [-0.39, 0.29) is 12.5 Å². The van der Waals surface area contributed by atoms with Gasteiger partial charge in [0.1, 0.15) is 11.5 Å². The van der Waals surface area contributed by atoms with Crippen molar-refractivity contribution < 1.29 is 14.3 Å². The molecule has 0 aliphatic rings. The fraction of sp³-hybridized carbons (Fsp3) is 0.278. The van der Waals surface area contributed by atoms with Crippen molar-refractivity contribution in [2.24, 2.45) is 0 Å². The first kappa shape index (κ1) is 16.7. The van der Waals surface area contributed by atoms with Gasteiger partial charge in [0.15, 0.2) is 0 Å². The summed E-state index contributed by atoms with van der Waals surface area (Å²) in [5.74, 6) is 1.09. The Morgan fingerprint density at radius 3 is 2.43 bits per heavy atom. The summed E-state index contributed by atoms with van der Waals surface area (Å²) < 4.78 is 10.4. The molecule has 0 aliphatic heterocycles. The van der Waals surface area contributed by atoms with Crippen LogP contribution in [0.15, 0.2) is 36.4 Å². The lowest BCUT2D eigenvalue weighted by atomic mass is 10.1. The molecule has 0 atom stereocenters. The highest BCUT2D eigenvalue weighted by atomic mass is 16.5. The molecule has 0 spiro atoms. The van der Waals surface area contributed by atoms with Gasteiger partial charge in [0.2, 0.25) is 5.91 Å². The third-order valence-electron chi connectivity index (χ3n) is 3.64. The van der Waals surface area contributed by atoms with E-state index in [1.54, 1.807) is 32.4 Å². The molecule has 0 bridgehead atoms. The second kappa shape index (κ2) is 7.54. The topological polar surface area (TPSA) is 59.6 Å². The third kappa shape index (κ3) is 4.39. The normalized spacial score (nSPS) is 10.1. The van der Waals surface area contributed by atoms with Crippen LogP contribution in [0, 0.1) is 13.8 Å². The van der Waals surface area contributed by atoms with Crippen LogP contribution in [-0.4, -0.2) is 26.7 Å². The van der Waals surface area contributed by atoms with Crippen molar-refractivity contribution >= 4 is 17.3 Å². The number of rotatable bonds is 6. The van der Waals surface area contributed by atoms with Crippen LogP contribution in [0.3, 0.4) is 0 Å². The zero-order valence-corrected chi connectivity index (χ0v) is 13.9. The molecule has 0 unspecified atom stereocenters. The summed E-state index contributed by atoms with van der Waals surface area (Å²) in [5, 5.41) is 5.94. The van der Waals surface area contributed by atoms with Gasteiger partial charge in [0.05, 0.1) is 26.5 Å². The van der Waals surface area contributed by atoms with E-state index in [1.807, 2.05) is 25.1 Å². The lowest BCUT2D eigenvalue weighted by Crippen LogP contribution is -2.22. The van der Waals surface area contributed by atoms with E-state index >= 15 is 0 Å². The largest absolute Gasteiger partial charge is 0.497 e. The molecule has 1 amide bonds. The summed E-state index contributed by atoms with van der Waals surface area (Å²) in [6.45, 7) is 4.27. The number of carbonyl (C=O) groups is 1. The van der Waals surface area contributed by atoms with Crippen LogP contribution >= 0.6 is 0 Å². The summed E-state index contributed by atoms with van der Waals surface area (Å²) in [6.07, 6.45) is 0. The SMILES string of the molecule is COc1ccc(OC)c(NC(=O)CNc2ccc(C)c(C)c2)c1. The number of benzene rings is 2. The fourth-order valence-corrected chi connectivity index (χ4v) is 2.14. The molecule has 0 heterocycles. The Hall–Kier alpha value is -2.69. The summed E-state index contributed by atoms with van der Waals surface area (Å²) in [7, 11) is 3.14. The molecular weight excluding hydrogens is 292 g/mol. The number of ether oxygens (including phenoxy) is 2. The number of aryl methyl sites for hydroxylation is 2. The van der Waals surface area contributed by atoms with Crippen LogP contribution in [0.25, 0.3) is 0 Å². The lowest BCUT2D eigenvalue weighted by molar-refractivity contribution is -0.114. The van der Waals surface area contributed by atoms with Gasteiger partial charge in [-0.25, -0.2) is 0 Å². The van der Waals surface area contributed by atoms with Crippen molar-refractivity contribution in [2.45, 2.75) is 13.8 Å². The van der Waals surface area contributed by atoms with Gasteiger partial charge < -0.3 is 20.1 Å². The number of hydrogen-bond acceptors (Lipinski definition) is 4. The van der Waals surface area contributed by atoms with Gasteiger partial charge in [0, 0.05) is 11.8 Å². The maximum absolute atomic E-state index is 12.1. The maximum atomic E-state index is 12.1. The van der Waals surface area contributed by atoms with E-state index < -0.39 is 0 Å².